The summed E-state index contributed by atoms with van der Waals surface area (Å²) in [6, 6.07) is 8.03. The third-order valence-electron chi connectivity index (χ3n) is 4.80. The number of aryl methyl sites for hydroxylation is 2. The number of nitrogens with one attached hydrogen (secondary N) is 2. The molecule has 7 heteroatoms. The Morgan fingerprint density at radius 2 is 2.15 bits per heavy atom. The van der Waals surface area contributed by atoms with Gasteiger partial charge in [0.05, 0.1) is 17.0 Å². The highest BCUT2D eigenvalue weighted by Crippen LogP contribution is 2.28. The molecule has 6 nitrogen and oxygen atoms in total. The third kappa shape index (κ3) is 2.84. The number of carbonyl (C=O) groups is 1. The number of fused-ring (bicyclic) bond motifs is 1. The van der Waals surface area contributed by atoms with Crippen LogP contribution in [0, 0.1) is 19.7 Å². The van der Waals surface area contributed by atoms with Crippen LogP contribution in [0.1, 0.15) is 33.4 Å². The first-order chi connectivity index (χ1) is 12.5. The number of H-pyrrole nitrogens is 1. The van der Waals surface area contributed by atoms with E-state index in [1.165, 1.54) is 12.1 Å². The molecule has 4 rings (SSSR count). The average Bonchev–Trinajstić information content (AvgIpc) is 3.01. The molecule has 0 saturated carbocycles. The van der Waals surface area contributed by atoms with E-state index in [1.54, 1.807) is 12.1 Å². The van der Waals surface area contributed by atoms with Crippen molar-refractivity contribution >= 4 is 16.9 Å². The number of benzene rings is 1. The Kier molecular flexibility index (Phi) is 4.16. The number of nitrogens with zero attached hydrogens (tertiary/aromatic N) is 3. The fraction of sp³-hybridized carbons (Fsp3) is 0.316. The normalized spacial score (nSPS) is 17.7. The number of aromatic nitrogens is 3. The minimum Gasteiger partial charge on any atom is -0.329 e. The van der Waals surface area contributed by atoms with Gasteiger partial charge in [-0.2, -0.15) is 5.10 Å². The molecule has 0 spiro atoms. The van der Waals surface area contributed by atoms with E-state index in [9.17, 15) is 9.18 Å². The first-order valence-electron chi connectivity index (χ1n) is 8.64. The molecule has 0 aliphatic carbocycles. The van der Waals surface area contributed by atoms with Crippen molar-refractivity contribution in [2.24, 2.45) is 0 Å². The van der Waals surface area contributed by atoms with Gasteiger partial charge in [-0.05, 0) is 37.6 Å². The lowest BCUT2D eigenvalue weighted by molar-refractivity contribution is 0.0635. The molecule has 0 radical (unpaired) electrons. The Morgan fingerprint density at radius 3 is 2.96 bits per heavy atom. The molecule has 1 fully saturated rings. The summed E-state index contributed by atoms with van der Waals surface area (Å²) in [6.07, 6.45) is 0. The van der Waals surface area contributed by atoms with Crippen LogP contribution in [0.15, 0.2) is 30.3 Å². The first kappa shape index (κ1) is 16.7. The molecule has 3 heterocycles. The predicted molar refractivity (Wildman–Crippen MR) is 96.4 cm³/mol. The lowest BCUT2D eigenvalue weighted by Gasteiger charge is -2.36. The van der Waals surface area contributed by atoms with Gasteiger partial charge in [-0.1, -0.05) is 12.1 Å². The number of hydrogen-bond acceptors (Lipinski definition) is 4. The molecule has 2 aromatic heterocycles. The monoisotopic (exact) mass is 353 g/mol. The smallest absolute Gasteiger partial charge is 0.255 e. The number of amides is 1. The van der Waals surface area contributed by atoms with Crippen LogP contribution in [-0.4, -0.2) is 45.6 Å². The molecule has 0 bridgehead atoms. The summed E-state index contributed by atoms with van der Waals surface area (Å²) < 4.78 is 13.7. The van der Waals surface area contributed by atoms with Gasteiger partial charge in [-0.3, -0.25) is 9.89 Å². The van der Waals surface area contributed by atoms with Gasteiger partial charge in [0.2, 0.25) is 0 Å². The van der Waals surface area contributed by atoms with Crippen molar-refractivity contribution in [3.63, 3.8) is 0 Å². The van der Waals surface area contributed by atoms with Crippen molar-refractivity contribution in [3.8, 4) is 0 Å². The maximum absolute atomic E-state index is 13.7. The first-order valence-corrected chi connectivity index (χ1v) is 8.64. The molecular weight excluding hydrogens is 333 g/mol. The highest BCUT2D eigenvalue weighted by molar-refractivity contribution is 6.06. The van der Waals surface area contributed by atoms with Crippen LogP contribution in [0.3, 0.4) is 0 Å². The van der Waals surface area contributed by atoms with Gasteiger partial charge < -0.3 is 10.2 Å². The summed E-state index contributed by atoms with van der Waals surface area (Å²) in [5.41, 5.74) is 3.47. The number of aromatic amines is 1. The van der Waals surface area contributed by atoms with Crippen LogP contribution >= 0.6 is 0 Å². The molecule has 134 valence electrons. The minimum absolute atomic E-state index is 0.0826. The van der Waals surface area contributed by atoms with Gasteiger partial charge in [-0.15, -0.1) is 0 Å². The van der Waals surface area contributed by atoms with Crippen LogP contribution in [0.2, 0.25) is 0 Å². The van der Waals surface area contributed by atoms with E-state index in [0.29, 0.717) is 30.8 Å². The second kappa shape index (κ2) is 6.49. The predicted octanol–water partition coefficient (Wildman–Crippen LogP) is 2.50. The van der Waals surface area contributed by atoms with Crippen molar-refractivity contribution < 1.29 is 9.18 Å². The maximum atomic E-state index is 13.7. The van der Waals surface area contributed by atoms with E-state index in [-0.39, 0.29) is 17.8 Å². The third-order valence-corrected chi connectivity index (χ3v) is 4.80. The van der Waals surface area contributed by atoms with E-state index >= 15 is 0 Å². The standard InChI is InChI=1S/C19H20FN5O/c1-11-8-15(17-12(2)23-24-18(17)22-11)19(26)25-7-6-21-10-16(25)13-4-3-5-14(20)9-13/h3-5,8-9,16,21H,6-7,10H2,1-2H3,(H,22,23,24). The van der Waals surface area contributed by atoms with Gasteiger partial charge in [0.1, 0.15) is 5.82 Å². The number of carbonyl (C=O) groups excluding carboxylic acids is 1. The second-order valence-electron chi connectivity index (χ2n) is 6.63. The molecule has 1 aliphatic rings. The van der Waals surface area contributed by atoms with Crippen LogP contribution in [0.4, 0.5) is 4.39 Å². The topological polar surface area (TPSA) is 73.9 Å². The molecule has 2 N–H and O–H groups in total. The lowest BCUT2D eigenvalue weighted by atomic mass is 10.0. The fourth-order valence-electron chi connectivity index (χ4n) is 3.58. The Balaban J connectivity index is 1.78. The Bertz CT molecular complexity index is 983. The Morgan fingerprint density at radius 1 is 1.31 bits per heavy atom. The number of rotatable bonds is 2. The largest absolute Gasteiger partial charge is 0.329 e. The highest BCUT2D eigenvalue weighted by Gasteiger charge is 2.30. The van der Waals surface area contributed by atoms with E-state index in [1.807, 2.05) is 24.8 Å². The van der Waals surface area contributed by atoms with Crippen molar-refractivity contribution in [2.45, 2.75) is 19.9 Å². The zero-order valence-electron chi connectivity index (χ0n) is 14.7. The van der Waals surface area contributed by atoms with Crippen molar-refractivity contribution in [3.05, 3.63) is 58.7 Å². The number of hydrogen-bond donors (Lipinski definition) is 2. The van der Waals surface area contributed by atoms with Crippen molar-refractivity contribution in [1.29, 1.82) is 0 Å². The molecule has 1 atom stereocenters. The van der Waals surface area contributed by atoms with Gasteiger partial charge in [-0.25, -0.2) is 9.37 Å². The van der Waals surface area contributed by atoms with Gasteiger partial charge >= 0.3 is 0 Å². The summed E-state index contributed by atoms with van der Waals surface area (Å²) in [4.78, 5) is 19.6. The van der Waals surface area contributed by atoms with E-state index in [4.69, 9.17) is 0 Å². The Hall–Kier alpha value is -2.80. The SMILES string of the molecule is Cc1cc(C(=O)N2CCNCC2c2cccc(F)c2)c2c(C)[nH]nc2n1. The number of pyridine rings is 1. The Labute approximate surface area is 150 Å². The summed E-state index contributed by atoms with van der Waals surface area (Å²) >= 11 is 0. The molecule has 1 saturated heterocycles. The molecule has 1 unspecified atom stereocenters. The van der Waals surface area contributed by atoms with E-state index in [0.717, 1.165) is 22.3 Å². The summed E-state index contributed by atoms with van der Waals surface area (Å²) in [6.45, 7) is 5.58. The zero-order valence-corrected chi connectivity index (χ0v) is 14.7. The molecule has 1 aliphatic heterocycles. The van der Waals surface area contributed by atoms with Crippen LogP contribution in [-0.2, 0) is 0 Å². The highest BCUT2D eigenvalue weighted by atomic mass is 19.1. The quantitative estimate of drug-likeness (QED) is 0.742. The summed E-state index contributed by atoms with van der Waals surface area (Å²) in [5, 5.41) is 11.1. The van der Waals surface area contributed by atoms with Crippen LogP contribution in [0.5, 0.6) is 0 Å². The number of piperazine rings is 1. The minimum atomic E-state index is -0.298. The maximum Gasteiger partial charge on any atom is 0.255 e. The lowest BCUT2D eigenvalue weighted by Crippen LogP contribution is -2.48. The zero-order chi connectivity index (χ0) is 18.3. The van der Waals surface area contributed by atoms with Crippen LogP contribution < -0.4 is 5.32 Å². The fourth-order valence-corrected chi connectivity index (χ4v) is 3.58. The molecule has 1 amide bonds. The summed E-state index contributed by atoms with van der Waals surface area (Å²) in [5.74, 6) is -0.381. The van der Waals surface area contributed by atoms with Gasteiger partial charge in [0.25, 0.3) is 5.91 Å². The van der Waals surface area contributed by atoms with Crippen LogP contribution in [0.25, 0.3) is 11.0 Å². The van der Waals surface area contributed by atoms with E-state index < -0.39 is 0 Å². The summed E-state index contributed by atoms with van der Waals surface area (Å²) in [7, 11) is 0. The molecule has 26 heavy (non-hydrogen) atoms. The van der Waals surface area contributed by atoms with Gasteiger partial charge in [0.15, 0.2) is 5.65 Å². The van der Waals surface area contributed by atoms with Gasteiger partial charge in [0, 0.05) is 31.0 Å². The average molecular weight is 353 g/mol. The van der Waals surface area contributed by atoms with Crippen molar-refractivity contribution in [2.75, 3.05) is 19.6 Å². The second-order valence-corrected chi connectivity index (χ2v) is 6.63. The number of halogens is 1. The molecule has 3 aromatic rings. The molecular formula is C19H20FN5O. The van der Waals surface area contributed by atoms with Crippen molar-refractivity contribution in [1.82, 2.24) is 25.4 Å². The molecule has 1 aromatic carbocycles. The van der Waals surface area contributed by atoms with E-state index in [2.05, 4.69) is 20.5 Å².